The zero-order valence-corrected chi connectivity index (χ0v) is 12.2. The molecular formula is C14H24N2O3. The molecule has 19 heavy (non-hydrogen) atoms. The summed E-state index contributed by atoms with van der Waals surface area (Å²) >= 11 is 0. The predicted octanol–water partition coefficient (Wildman–Crippen LogP) is 0.925. The third-order valence-corrected chi connectivity index (χ3v) is 4.62. The molecule has 108 valence electrons. The molecule has 0 spiro atoms. The van der Waals surface area contributed by atoms with Crippen LogP contribution in [0.25, 0.3) is 0 Å². The molecule has 3 unspecified atom stereocenters. The van der Waals surface area contributed by atoms with Gasteiger partial charge in [-0.15, -0.1) is 0 Å². The number of carbonyl (C=O) groups is 2. The monoisotopic (exact) mass is 268 g/mol. The van der Waals surface area contributed by atoms with Crippen molar-refractivity contribution in [2.45, 2.75) is 64.3 Å². The van der Waals surface area contributed by atoms with Crippen molar-refractivity contribution in [2.75, 3.05) is 7.11 Å². The quantitative estimate of drug-likeness (QED) is 0.825. The van der Waals surface area contributed by atoms with Gasteiger partial charge < -0.3 is 15.0 Å². The highest BCUT2D eigenvalue weighted by atomic mass is 16.5. The largest absolute Gasteiger partial charge is 0.381 e. The molecule has 2 amide bonds. The van der Waals surface area contributed by atoms with Crippen LogP contribution < -0.4 is 5.32 Å². The Hall–Kier alpha value is -1.10. The Morgan fingerprint density at radius 2 is 2.05 bits per heavy atom. The summed E-state index contributed by atoms with van der Waals surface area (Å²) in [6.45, 7) is 5.85. The molecule has 1 saturated carbocycles. The number of nitrogens with zero attached hydrogens (tertiary/aromatic N) is 1. The first-order valence-electron chi connectivity index (χ1n) is 7.14. The third-order valence-electron chi connectivity index (χ3n) is 4.62. The van der Waals surface area contributed by atoms with Gasteiger partial charge in [0, 0.05) is 13.2 Å². The number of rotatable bonds is 4. The highest BCUT2D eigenvalue weighted by Gasteiger charge is 2.46. The number of hydrogen-bond acceptors (Lipinski definition) is 3. The van der Waals surface area contributed by atoms with Crippen molar-refractivity contribution in [2.24, 2.45) is 5.92 Å². The van der Waals surface area contributed by atoms with Crippen LogP contribution in [0.1, 0.15) is 40.0 Å². The average molecular weight is 268 g/mol. The minimum absolute atomic E-state index is 0.0363. The van der Waals surface area contributed by atoms with Gasteiger partial charge in [0.2, 0.25) is 11.8 Å². The van der Waals surface area contributed by atoms with E-state index >= 15 is 0 Å². The standard InChI is InChI=1S/C14H24N2O3/c1-5-8(2)12-14(18)16(9(3)13(17)15-12)10-6-11(7-10)19-4/h8-12H,5-7H2,1-4H3,(H,15,17). The van der Waals surface area contributed by atoms with E-state index in [0.717, 1.165) is 19.3 Å². The Labute approximate surface area is 114 Å². The van der Waals surface area contributed by atoms with Crippen molar-refractivity contribution in [3.05, 3.63) is 0 Å². The summed E-state index contributed by atoms with van der Waals surface area (Å²) in [6, 6.07) is -0.573. The topological polar surface area (TPSA) is 58.6 Å². The van der Waals surface area contributed by atoms with Crippen LogP contribution in [0.4, 0.5) is 0 Å². The lowest BCUT2D eigenvalue weighted by Gasteiger charge is -2.48. The number of methoxy groups -OCH3 is 1. The molecule has 1 N–H and O–H groups in total. The number of piperazine rings is 1. The van der Waals surface area contributed by atoms with Crippen molar-refractivity contribution in [1.82, 2.24) is 10.2 Å². The van der Waals surface area contributed by atoms with Crippen LogP contribution in [0.15, 0.2) is 0 Å². The van der Waals surface area contributed by atoms with E-state index < -0.39 is 0 Å². The second kappa shape index (κ2) is 5.49. The maximum Gasteiger partial charge on any atom is 0.246 e. The van der Waals surface area contributed by atoms with Crippen LogP contribution in [0.3, 0.4) is 0 Å². The van der Waals surface area contributed by atoms with Crippen LogP contribution in [0, 0.1) is 5.92 Å². The van der Waals surface area contributed by atoms with Crippen molar-refractivity contribution in [1.29, 1.82) is 0 Å². The SMILES string of the molecule is CCC(C)C1NC(=O)C(C)N(C2CC(OC)C2)C1=O. The Morgan fingerprint density at radius 3 is 2.58 bits per heavy atom. The number of amides is 2. The van der Waals surface area contributed by atoms with E-state index in [4.69, 9.17) is 4.74 Å². The molecule has 1 aliphatic carbocycles. The predicted molar refractivity (Wildman–Crippen MR) is 71.5 cm³/mol. The second-order valence-electron chi connectivity index (χ2n) is 5.78. The smallest absolute Gasteiger partial charge is 0.246 e. The molecule has 0 aromatic rings. The van der Waals surface area contributed by atoms with E-state index in [1.54, 1.807) is 18.9 Å². The van der Waals surface area contributed by atoms with Crippen LogP contribution in [-0.4, -0.2) is 48.1 Å². The van der Waals surface area contributed by atoms with E-state index in [2.05, 4.69) is 5.32 Å². The Bertz CT molecular complexity index is 366. The molecule has 0 radical (unpaired) electrons. The lowest BCUT2D eigenvalue weighted by Crippen LogP contribution is -2.68. The highest BCUT2D eigenvalue weighted by Crippen LogP contribution is 2.32. The van der Waals surface area contributed by atoms with Gasteiger partial charge in [-0.05, 0) is 25.7 Å². The van der Waals surface area contributed by atoms with E-state index in [-0.39, 0.29) is 42.0 Å². The molecule has 0 bridgehead atoms. The summed E-state index contributed by atoms with van der Waals surface area (Å²) in [5.41, 5.74) is 0. The molecule has 3 atom stereocenters. The minimum Gasteiger partial charge on any atom is -0.381 e. The number of nitrogens with one attached hydrogen (secondary N) is 1. The van der Waals surface area contributed by atoms with Gasteiger partial charge in [0.05, 0.1) is 6.10 Å². The minimum atomic E-state index is -0.365. The molecule has 2 aliphatic rings. The van der Waals surface area contributed by atoms with Crippen LogP contribution >= 0.6 is 0 Å². The fourth-order valence-electron chi connectivity index (χ4n) is 2.89. The van der Waals surface area contributed by atoms with E-state index in [1.165, 1.54) is 0 Å². The summed E-state index contributed by atoms with van der Waals surface area (Å²) in [6.07, 6.45) is 2.79. The molecule has 2 fully saturated rings. The third kappa shape index (κ3) is 2.48. The first kappa shape index (κ1) is 14.3. The Kier molecular flexibility index (Phi) is 4.13. The first-order valence-corrected chi connectivity index (χ1v) is 7.14. The molecule has 2 rings (SSSR count). The van der Waals surface area contributed by atoms with Gasteiger partial charge in [0.1, 0.15) is 12.1 Å². The number of ether oxygens (including phenoxy) is 1. The van der Waals surface area contributed by atoms with Gasteiger partial charge >= 0.3 is 0 Å². The fourth-order valence-corrected chi connectivity index (χ4v) is 2.89. The lowest BCUT2D eigenvalue weighted by molar-refractivity contribution is -0.158. The van der Waals surface area contributed by atoms with E-state index in [0.29, 0.717) is 0 Å². The fraction of sp³-hybridized carbons (Fsp3) is 0.857. The van der Waals surface area contributed by atoms with Gasteiger partial charge in [-0.25, -0.2) is 0 Å². The van der Waals surface area contributed by atoms with Gasteiger partial charge in [0.25, 0.3) is 0 Å². The van der Waals surface area contributed by atoms with E-state index in [9.17, 15) is 9.59 Å². The average Bonchev–Trinajstić information content (AvgIpc) is 2.35. The maximum absolute atomic E-state index is 12.6. The lowest BCUT2D eigenvalue weighted by atomic mass is 9.84. The number of hydrogen-bond donors (Lipinski definition) is 1. The highest BCUT2D eigenvalue weighted by molar-refractivity contribution is 5.97. The first-order chi connectivity index (χ1) is 8.99. The summed E-state index contributed by atoms with van der Waals surface area (Å²) in [4.78, 5) is 26.4. The zero-order chi connectivity index (χ0) is 14.2. The summed E-state index contributed by atoms with van der Waals surface area (Å²) < 4.78 is 5.26. The van der Waals surface area contributed by atoms with Crippen molar-refractivity contribution in [3.8, 4) is 0 Å². The summed E-state index contributed by atoms with van der Waals surface area (Å²) in [5, 5.41) is 2.86. The molecule has 5 nitrogen and oxygen atoms in total. The Balaban J connectivity index is 2.11. The van der Waals surface area contributed by atoms with Gasteiger partial charge in [-0.3, -0.25) is 9.59 Å². The summed E-state index contributed by atoms with van der Waals surface area (Å²) in [7, 11) is 1.69. The summed E-state index contributed by atoms with van der Waals surface area (Å²) in [5.74, 6) is 0.205. The second-order valence-corrected chi connectivity index (χ2v) is 5.78. The Morgan fingerprint density at radius 1 is 1.42 bits per heavy atom. The van der Waals surface area contributed by atoms with Gasteiger partial charge in [-0.1, -0.05) is 20.3 Å². The van der Waals surface area contributed by atoms with Crippen molar-refractivity contribution >= 4 is 11.8 Å². The molecule has 1 aliphatic heterocycles. The molecule has 0 aromatic heterocycles. The van der Waals surface area contributed by atoms with Gasteiger partial charge in [0.15, 0.2) is 0 Å². The molecular weight excluding hydrogens is 244 g/mol. The molecule has 0 aromatic carbocycles. The normalized spacial score (nSPS) is 36.7. The zero-order valence-electron chi connectivity index (χ0n) is 12.2. The molecule has 1 saturated heterocycles. The van der Waals surface area contributed by atoms with E-state index in [1.807, 2.05) is 13.8 Å². The number of carbonyl (C=O) groups excluding carboxylic acids is 2. The van der Waals surface area contributed by atoms with Crippen LogP contribution in [-0.2, 0) is 14.3 Å². The molecule has 5 heteroatoms. The van der Waals surface area contributed by atoms with Crippen LogP contribution in [0.5, 0.6) is 0 Å². The van der Waals surface area contributed by atoms with Crippen molar-refractivity contribution < 1.29 is 14.3 Å². The van der Waals surface area contributed by atoms with Crippen molar-refractivity contribution in [3.63, 3.8) is 0 Å². The molecule has 1 heterocycles. The maximum atomic E-state index is 12.6. The van der Waals surface area contributed by atoms with Gasteiger partial charge in [-0.2, -0.15) is 0 Å². The van der Waals surface area contributed by atoms with Crippen LogP contribution in [0.2, 0.25) is 0 Å².